The van der Waals surface area contributed by atoms with Crippen LogP contribution in [0, 0.1) is 17.5 Å². The lowest BCUT2D eigenvalue weighted by Gasteiger charge is -2.00. The second-order valence-electron chi connectivity index (χ2n) is 2.99. The molecule has 0 bridgehead atoms. The average molecular weight is 209 g/mol. The maximum atomic E-state index is 12.9. The number of halogens is 3. The highest BCUT2D eigenvalue weighted by Crippen LogP contribution is 2.19. The van der Waals surface area contributed by atoms with E-state index < -0.39 is 17.5 Å². The SMILES string of the molecule is Fc1ccc(-c2ccc(F)c(F)c2)nc1. The van der Waals surface area contributed by atoms with Gasteiger partial charge in [0.15, 0.2) is 11.6 Å². The van der Waals surface area contributed by atoms with Crippen LogP contribution in [0.5, 0.6) is 0 Å². The Hall–Kier alpha value is -1.84. The highest BCUT2D eigenvalue weighted by Gasteiger charge is 2.05. The lowest BCUT2D eigenvalue weighted by Crippen LogP contribution is -1.88. The van der Waals surface area contributed by atoms with Gasteiger partial charge in [-0.3, -0.25) is 4.98 Å². The van der Waals surface area contributed by atoms with Crippen molar-refractivity contribution in [2.24, 2.45) is 0 Å². The molecule has 1 heterocycles. The van der Waals surface area contributed by atoms with Gasteiger partial charge in [-0.2, -0.15) is 0 Å². The molecule has 2 aromatic rings. The molecule has 4 heteroatoms. The van der Waals surface area contributed by atoms with Gasteiger partial charge in [0.25, 0.3) is 0 Å². The van der Waals surface area contributed by atoms with E-state index in [1.165, 1.54) is 18.2 Å². The van der Waals surface area contributed by atoms with Crippen LogP contribution in [0.3, 0.4) is 0 Å². The third kappa shape index (κ3) is 1.98. The Labute approximate surface area is 84.2 Å². The fourth-order valence-electron chi connectivity index (χ4n) is 1.20. The molecule has 1 aromatic heterocycles. The van der Waals surface area contributed by atoms with Crippen molar-refractivity contribution in [1.29, 1.82) is 0 Å². The van der Waals surface area contributed by atoms with Crippen molar-refractivity contribution in [1.82, 2.24) is 4.98 Å². The summed E-state index contributed by atoms with van der Waals surface area (Å²) in [5, 5.41) is 0. The van der Waals surface area contributed by atoms with E-state index in [2.05, 4.69) is 4.98 Å². The quantitative estimate of drug-likeness (QED) is 0.702. The average Bonchev–Trinajstić information content (AvgIpc) is 2.23. The van der Waals surface area contributed by atoms with Gasteiger partial charge in [-0.05, 0) is 30.3 Å². The van der Waals surface area contributed by atoms with Crippen molar-refractivity contribution in [3.05, 3.63) is 54.0 Å². The summed E-state index contributed by atoms with van der Waals surface area (Å²) in [5.74, 6) is -2.33. The molecule has 0 N–H and O–H groups in total. The molecule has 0 aliphatic carbocycles. The molecular formula is C11H6F3N. The van der Waals surface area contributed by atoms with Gasteiger partial charge in [0, 0.05) is 5.56 Å². The molecule has 0 spiro atoms. The smallest absolute Gasteiger partial charge is 0.159 e. The first-order valence-corrected chi connectivity index (χ1v) is 4.24. The van der Waals surface area contributed by atoms with E-state index in [9.17, 15) is 13.2 Å². The van der Waals surface area contributed by atoms with Crippen LogP contribution in [-0.4, -0.2) is 4.98 Å². The fourth-order valence-corrected chi connectivity index (χ4v) is 1.20. The molecule has 0 atom stereocenters. The van der Waals surface area contributed by atoms with E-state index in [4.69, 9.17) is 0 Å². The van der Waals surface area contributed by atoms with Gasteiger partial charge in [-0.15, -0.1) is 0 Å². The number of hydrogen-bond donors (Lipinski definition) is 0. The number of rotatable bonds is 1. The van der Waals surface area contributed by atoms with Crippen LogP contribution < -0.4 is 0 Å². The molecule has 0 saturated heterocycles. The molecule has 0 fully saturated rings. The van der Waals surface area contributed by atoms with Crippen molar-refractivity contribution in [3.63, 3.8) is 0 Å². The zero-order valence-electron chi connectivity index (χ0n) is 7.55. The van der Waals surface area contributed by atoms with E-state index in [0.717, 1.165) is 18.3 Å². The summed E-state index contributed by atoms with van der Waals surface area (Å²) in [6.07, 6.45) is 1.02. The van der Waals surface area contributed by atoms with Crippen LogP contribution in [-0.2, 0) is 0 Å². The topological polar surface area (TPSA) is 12.9 Å². The molecule has 1 nitrogen and oxygen atoms in total. The van der Waals surface area contributed by atoms with Gasteiger partial charge in [0.1, 0.15) is 5.82 Å². The maximum Gasteiger partial charge on any atom is 0.159 e. The second-order valence-corrected chi connectivity index (χ2v) is 2.99. The van der Waals surface area contributed by atoms with Crippen molar-refractivity contribution in [3.8, 4) is 11.3 Å². The summed E-state index contributed by atoms with van der Waals surface area (Å²) in [5.41, 5.74) is 0.809. The van der Waals surface area contributed by atoms with Crippen molar-refractivity contribution >= 4 is 0 Å². The minimum atomic E-state index is -0.946. The van der Waals surface area contributed by atoms with Crippen LogP contribution in [0.25, 0.3) is 11.3 Å². The van der Waals surface area contributed by atoms with E-state index in [0.29, 0.717) is 11.3 Å². The Morgan fingerprint density at radius 2 is 1.67 bits per heavy atom. The first kappa shape index (κ1) is 9.71. The van der Waals surface area contributed by atoms with Gasteiger partial charge in [0.2, 0.25) is 0 Å². The van der Waals surface area contributed by atoms with Gasteiger partial charge < -0.3 is 0 Å². The van der Waals surface area contributed by atoms with Gasteiger partial charge in [0.05, 0.1) is 11.9 Å². The van der Waals surface area contributed by atoms with E-state index in [1.54, 1.807) is 0 Å². The first-order valence-electron chi connectivity index (χ1n) is 4.24. The Balaban J connectivity index is 2.45. The molecule has 0 aliphatic rings. The molecule has 0 unspecified atom stereocenters. The maximum absolute atomic E-state index is 12.9. The number of nitrogens with zero attached hydrogens (tertiary/aromatic N) is 1. The summed E-state index contributed by atoms with van der Waals surface area (Å²) in [4.78, 5) is 3.76. The molecule has 76 valence electrons. The Bertz CT molecular complexity index is 480. The van der Waals surface area contributed by atoms with Crippen molar-refractivity contribution < 1.29 is 13.2 Å². The summed E-state index contributed by atoms with van der Waals surface area (Å²) in [7, 11) is 0. The largest absolute Gasteiger partial charge is 0.253 e. The lowest BCUT2D eigenvalue weighted by atomic mass is 10.1. The van der Waals surface area contributed by atoms with Crippen molar-refractivity contribution in [2.75, 3.05) is 0 Å². The van der Waals surface area contributed by atoms with Crippen LogP contribution in [0.2, 0.25) is 0 Å². The molecule has 2 rings (SSSR count). The summed E-state index contributed by atoms with van der Waals surface area (Å²) < 4.78 is 38.0. The monoisotopic (exact) mass is 209 g/mol. The summed E-state index contributed by atoms with van der Waals surface area (Å²) in [6.45, 7) is 0. The molecule has 0 amide bonds. The zero-order valence-corrected chi connectivity index (χ0v) is 7.55. The van der Waals surface area contributed by atoms with E-state index >= 15 is 0 Å². The van der Waals surface area contributed by atoms with Gasteiger partial charge >= 0.3 is 0 Å². The first-order chi connectivity index (χ1) is 7.16. The number of aromatic nitrogens is 1. The predicted octanol–water partition coefficient (Wildman–Crippen LogP) is 3.17. The Kier molecular flexibility index (Phi) is 2.41. The molecule has 1 aromatic carbocycles. The second kappa shape index (κ2) is 3.73. The van der Waals surface area contributed by atoms with E-state index in [1.807, 2.05) is 0 Å². The summed E-state index contributed by atoms with van der Waals surface area (Å²) in [6, 6.07) is 6.04. The lowest BCUT2D eigenvalue weighted by molar-refractivity contribution is 0.509. The molecule has 0 aliphatic heterocycles. The normalized spacial score (nSPS) is 10.3. The minimum Gasteiger partial charge on any atom is -0.253 e. The number of pyridine rings is 1. The highest BCUT2D eigenvalue weighted by molar-refractivity contribution is 5.58. The predicted molar refractivity (Wildman–Crippen MR) is 49.5 cm³/mol. The van der Waals surface area contributed by atoms with Crippen LogP contribution in [0.4, 0.5) is 13.2 Å². The van der Waals surface area contributed by atoms with Crippen molar-refractivity contribution in [2.45, 2.75) is 0 Å². The fraction of sp³-hybridized carbons (Fsp3) is 0. The molecule has 0 radical (unpaired) electrons. The van der Waals surface area contributed by atoms with Gasteiger partial charge in [-0.1, -0.05) is 0 Å². The Morgan fingerprint density at radius 3 is 2.27 bits per heavy atom. The minimum absolute atomic E-state index is 0.398. The van der Waals surface area contributed by atoms with Crippen LogP contribution in [0.1, 0.15) is 0 Å². The molecule has 15 heavy (non-hydrogen) atoms. The van der Waals surface area contributed by atoms with Crippen LogP contribution in [0.15, 0.2) is 36.5 Å². The number of benzene rings is 1. The van der Waals surface area contributed by atoms with Crippen LogP contribution >= 0.6 is 0 Å². The molecule has 0 saturated carbocycles. The van der Waals surface area contributed by atoms with E-state index in [-0.39, 0.29) is 0 Å². The Morgan fingerprint density at radius 1 is 0.867 bits per heavy atom. The van der Waals surface area contributed by atoms with Gasteiger partial charge in [-0.25, -0.2) is 13.2 Å². The highest BCUT2D eigenvalue weighted by atomic mass is 19.2. The zero-order chi connectivity index (χ0) is 10.8. The third-order valence-corrected chi connectivity index (χ3v) is 1.94. The standard InChI is InChI=1S/C11H6F3N/c12-8-2-4-11(15-6-8)7-1-3-9(13)10(14)5-7/h1-6H. The molecular weight excluding hydrogens is 203 g/mol. The summed E-state index contributed by atoms with van der Waals surface area (Å²) >= 11 is 0. The number of hydrogen-bond acceptors (Lipinski definition) is 1. The third-order valence-electron chi connectivity index (χ3n) is 1.94.